The summed E-state index contributed by atoms with van der Waals surface area (Å²) in [6.07, 6.45) is 0. The quantitative estimate of drug-likeness (QED) is 0.124. The van der Waals surface area contributed by atoms with Crippen LogP contribution in [-0.4, -0.2) is 32.6 Å². The van der Waals surface area contributed by atoms with Crippen molar-refractivity contribution in [1.29, 1.82) is 0 Å². The summed E-state index contributed by atoms with van der Waals surface area (Å²) in [6.45, 7) is 9.08. The van der Waals surface area contributed by atoms with Crippen molar-refractivity contribution in [3.63, 3.8) is 0 Å². The third kappa shape index (κ3) is 10.1. The molecule has 8 nitrogen and oxygen atoms in total. The lowest BCUT2D eigenvalue weighted by Gasteiger charge is -2.24. The first-order valence-corrected chi connectivity index (χ1v) is 34.4. The zero-order valence-electron chi connectivity index (χ0n) is 55.1. The van der Waals surface area contributed by atoms with Gasteiger partial charge in [-0.05, 0) is 134 Å². The second-order valence-corrected chi connectivity index (χ2v) is 27.8. The zero-order valence-corrected chi connectivity index (χ0v) is 56.7. The molecule has 1 N–H and O–H groups in total. The summed E-state index contributed by atoms with van der Waals surface area (Å²) in [6, 6.07) is 101. The monoisotopic (exact) mass is 1350 g/mol. The molecule has 0 aliphatic heterocycles. The summed E-state index contributed by atoms with van der Waals surface area (Å²) in [5.74, 6) is 2.14. The van der Waals surface area contributed by atoms with Gasteiger partial charge in [0.15, 0.2) is 11.6 Å². The molecule has 0 amide bonds. The SMILES string of the molecule is Brc1cccc(-c2nc(-c3ccccc3)c3ccc4ccccc4c3n2)c1.CC1(C)c2cc3c(cc2-c2cccc(-c4cccc(-c5nc(-c6ccccc6)c6ccc7ccccc7c6n5)c4)c21)oc1ccccc13.CC1(C)c2cc3c(cc2-c2cccc(O[B]O)c21)oc1ccccc13. The molecule has 14 aromatic carbocycles. The summed E-state index contributed by atoms with van der Waals surface area (Å²) < 4.78 is 18.8. The first-order chi connectivity index (χ1) is 48.9. The van der Waals surface area contributed by atoms with Gasteiger partial charge >= 0.3 is 7.69 Å². The first kappa shape index (κ1) is 60.6. The van der Waals surface area contributed by atoms with Crippen LogP contribution in [0, 0.1) is 0 Å². The molecule has 0 saturated carbocycles. The average molecular weight is 1350 g/mol. The molecular formula is C90H61BBrN4O4. The minimum Gasteiger partial charge on any atom is -0.537 e. The second kappa shape index (κ2) is 24.0. The molecule has 18 aromatic rings. The third-order valence-corrected chi connectivity index (χ3v) is 20.8. The van der Waals surface area contributed by atoms with Gasteiger partial charge in [-0.2, -0.15) is 0 Å². The number of halogens is 1. The zero-order chi connectivity index (χ0) is 67.4. The van der Waals surface area contributed by atoms with E-state index >= 15 is 0 Å². The van der Waals surface area contributed by atoms with Gasteiger partial charge in [-0.1, -0.05) is 262 Å². The number of aromatic nitrogens is 4. The highest BCUT2D eigenvalue weighted by atomic mass is 79.9. The predicted octanol–water partition coefficient (Wildman–Crippen LogP) is 23.7. The van der Waals surface area contributed by atoms with Gasteiger partial charge in [-0.3, -0.25) is 0 Å². The van der Waals surface area contributed by atoms with E-state index in [9.17, 15) is 0 Å². The van der Waals surface area contributed by atoms with E-state index in [1.807, 2.05) is 78.9 Å². The standard InChI is InChI=1S/C45H30N2O.C24H15BrN2.C21H16BO3/c1-45(2)38-25-37-33-18-8-9-21-39(33)48-40(37)26-36(38)34-20-11-19-31(41(34)45)29-15-10-16-30(24-29)44-46-42(28-13-4-3-5-14-28)35-23-22-27-12-6-7-17-32(27)43(35)47-44;25-19-11-6-10-18(15-19)24-26-22(17-8-2-1-3-9-17)21-14-13-16-7-4-5-12-20(16)23(21)27-24;1-21(2)16-10-15-12-6-3-4-8-17(12)24-19(15)11-14(16)13-7-5-9-18(20(13)21)25-22-23/h3-26H,1-2H3;1-15H;3-11,23H,1-2H3. The molecule has 10 heteroatoms. The molecule has 0 bridgehead atoms. The van der Waals surface area contributed by atoms with Gasteiger partial charge in [0.25, 0.3) is 0 Å². The van der Waals surface area contributed by atoms with Crippen LogP contribution < -0.4 is 4.65 Å². The number of rotatable bonds is 7. The third-order valence-electron chi connectivity index (χ3n) is 20.3. The molecule has 0 fully saturated rings. The van der Waals surface area contributed by atoms with Crippen LogP contribution in [0.2, 0.25) is 0 Å². The van der Waals surface area contributed by atoms with E-state index < -0.39 is 0 Å². The predicted molar refractivity (Wildman–Crippen MR) is 414 cm³/mol. The largest absolute Gasteiger partial charge is 0.569 e. The van der Waals surface area contributed by atoms with E-state index in [0.717, 1.165) is 151 Å². The van der Waals surface area contributed by atoms with E-state index in [1.54, 1.807) is 0 Å². The lowest BCUT2D eigenvalue weighted by Crippen LogP contribution is -2.17. The molecule has 4 heterocycles. The van der Waals surface area contributed by atoms with Gasteiger partial charge in [-0.25, -0.2) is 19.9 Å². The summed E-state index contributed by atoms with van der Waals surface area (Å²) in [4.78, 5) is 20.4. The minimum atomic E-state index is -0.225. The molecule has 0 unspecified atom stereocenters. The van der Waals surface area contributed by atoms with Crippen LogP contribution in [0.4, 0.5) is 0 Å². The van der Waals surface area contributed by atoms with Crippen LogP contribution in [-0.2, 0) is 10.8 Å². The topological polar surface area (TPSA) is 107 Å². The van der Waals surface area contributed by atoms with Crippen molar-refractivity contribution < 1.29 is 18.5 Å². The van der Waals surface area contributed by atoms with E-state index in [-0.39, 0.29) is 10.8 Å². The average Bonchev–Trinajstić information content (AvgIpc) is 1.55. The van der Waals surface area contributed by atoms with Crippen LogP contribution >= 0.6 is 15.9 Å². The number of benzene rings is 14. The van der Waals surface area contributed by atoms with Crippen molar-refractivity contribution in [2.75, 3.05) is 0 Å². The molecule has 1 radical (unpaired) electrons. The molecule has 2 aliphatic rings. The van der Waals surface area contributed by atoms with Gasteiger partial charge < -0.3 is 18.5 Å². The molecule has 20 rings (SSSR count). The fourth-order valence-corrected chi connectivity index (χ4v) is 16.0. The number of fused-ring (bicyclic) bond motifs is 18. The second-order valence-electron chi connectivity index (χ2n) is 26.8. The molecule has 0 atom stereocenters. The van der Waals surface area contributed by atoms with Crippen molar-refractivity contribution in [2.45, 2.75) is 38.5 Å². The Hall–Kier alpha value is -11.8. The lowest BCUT2D eigenvalue weighted by molar-refractivity contribution is 0.445. The van der Waals surface area contributed by atoms with Crippen molar-refractivity contribution in [3.05, 3.63) is 318 Å². The molecule has 2 aliphatic carbocycles. The first-order valence-electron chi connectivity index (χ1n) is 33.6. The fraction of sp³-hybridized carbons (Fsp3) is 0.0667. The maximum atomic E-state index is 9.12. The number of hydrogen-bond donors (Lipinski definition) is 1. The molecule has 4 aromatic heterocycles. The van der Waals surface area contributed by atoms with Crippen molar-refractivity contribution >= 4 is 111 Å². The minimum absolute atomic E-state index is 0.206. The smallest absolute Gasteiger partial charge is 0.537 e. The molecular weight excluding hydrogens is 1290 g/mol. The van der Waals surface area contributed by atoms with Crippen molar-refractivity contribution in [3.8, 4) is 84.4 Å². The Morgan fingerprint density at radius 1 is 0.330 bits per heavy atom. The van der Waals surface area contributed by atoms with Crippen LogP contribution in [0.3, 0.4) is 0 Å². The summed E-state index contributed by atoms with van der Waals surface area (Å²) >= 11 is 3.56. The van der Waals surface area contributed by atoms with E-state index in [4.69, 9.17) is 38.4 Å². The Balaban J connectivity index is 0.000000117. The maximum Gasteiger partial charge on any atom is 0.569 e. The van der Waals surface area contributed by atoms with Crippen LogP contribution in [0.1, 0.15) is 49.9 Å². The van der Waals surface area contributed by atoms with E-state index in [1.165, 1.54) is 49.5 Å². The van der Waals surface area contributed by atoms with Crippen LogP contribution in [0.25, 0.3) is 166 Å². The van der Waals surface area contributed by atoms with Crippen LogP contribution in [0.15, 0.2) is 304 Å². The van der Waals surface area contributed by atoms with E-state index in [0.29, 0.717) is 5.75 Å². The highest BCUT2D eigenvalue weighted by Crippen LogP contribution is 2.56. The van der Waals surface area contributed by atoms with Gasteiger partial charge in [0.05, 0.1) is 22.4 Å². The highest BCUT2D eigenvalue weighted by Gasteiger charge is 2.40. The Labute approximate surface area is 586 Å². The summed E-state index contributed by atoms with van der Waals surface area (Å²) in [5.41, 5.74) is 23.4. The van der Waals surface area contributed by atoms with Gasteiger partial charge in [0.1, 0.15) is 28.1 Å². The van der Waals surface area contributed by atoms with E-state index in [2.05, 4.69) is 256 Å². The molecule has 100 heavy (non-hydrogen) atoms. The lowest BCUT2D eigenvalue weighted by atomic mass is 9.78. The molecule has 0 spiro atoms. The van der Waals surface area contributed by atoms with Gasteiger partial charge in [0, 0.05) is 86.2 Å². The Morgan fingerprint density at radius 3 is 1.30 bits per heavy atom. The van der Waals surface area contributed by atoms with Crippen molar-refractivity contribution in [1.82, 2.24) is 19.9 Å². The number of para-hydroxylation sites is 2. The maximum absolute atomic E-state index is 9.12. The molecule has 475 valence electrons. The van der Waals surface area contributed by atoms with Gasteiger partial charge in [-0.15, -0.1) is 0 Å². The number of hydrogen-bond acceptors (Lipinski definition) is 8. The van der Waals surface area contributed by atoms with Crippen molar-refractivity contribution in [2.24, 2.45) is 0 Å². The number of nitrogens with zero attached hydrogens (tertiary/aromatic N) is 4. The fourth-order valence-electron chi connectivity index (χ4n) is 15.6. The Kier molecular flexibility index (Phi) is 14.6. The summed E-state index contributed by atoms with van der Waals surface area (Å²) in [7, 11) is 0.744. The number of furan rings is 2. The molecule has 0 saturated heterocycles. The highest BCUT2D eigenvalue weighted by molar-refractivity contribution is 9.10. The van der Waals surface area contributed by atoms with Gasteiger partial charge in [0.2, 0.25) is 0 Å². The Morgan fingerprint density at radius 2 is 0.760 bits per heavy atom. The Bertz CT molecular complexity index is 6340. The summed E-state index contributed by atoms with van der Waals surface area (Å²) in [5, 5.41) is 20.5. The normalized spacial score (nSPS) is 13.1. The van der Waals surface area contributed by atoms with Crippen LogP contribution in [0.5, 0.6) is 5.75 Å².